The van der Waals surface area contributed by atoms with Gasteiger partial charge in [0.15, 0.2) is 6.29 Å². The van der Waals surface area contributed by atoms with Crippen molar-refractivity contribution in [2.45, 2.75) is 0 Å². The molecule has 1 heterocycles. The van der Waals surface area contributed by atoms with Crippen LogP contribution in [-0.2, 0) is 0 Å². The van der Waals surface area contributed by atoms with E-state index in [0.29, 0.717) is 17.5 Å². The lowest BCUT2D eigenvalue weighted by Gasteiger charge is -1.94. The molecule has 2 aromatic rings. The van der Waals surface area contributed by atoms with Crippen molar-refractivity contribution in [3.8, 4) is 0 Å². The minimum atomic E-state index is -0.194. The summed E-state index contributed by atoms with van der Waals surface area (Å²) in [5.41, 5.74) is 1.11. The van der Waals surface area contributed by atoms with Gasteiger partial charge in [0.2, 0.25) is 5.78 Å². The van der Waals surface area contributed by atoms with E-state index >= 15 is 0 Å². The maximum absolute atomic E-state index is 11.8. The number of nitrogens with zero attached hydrogens (tertiary/aromatic N) is 1. The Hall–Kier alpha value is -2.23. The summed E-state index contributed by atoms with van der Waals surface area (Å²) in [7, 11) is 0. The maximum Gasteiger partial charge on any atom is 0.213 e. The Labute approximate surface area is 85.9 Å². The number of ketones is 1. The molecule has 15 heavy (non-hydrogen) atoms. The summed E-state index contributed by atoms with van der Waals surface area (Å²) in [5, 5.41) is 6.22. The first-order valence-corrected chi connectivity index (χ1v) is 4.41. The van der Waals surface area contributed by atoms with Gasteiger partial charge in [0.25, 0.3) is 0 Å². The van der Waals surface area contributed by atoms with Crippen molar-refractivity contribution in [3.63, 3.8) is 0 Å². The molecule has 0 fully saturated rings. The second-order valence-corrected chi connectivity index (χ2v) is 3.02. The first kappa shape index (κ1) is 9.33. The van der Waals surface area contributed by atoms with Gasteiger partial charge in [0.1, 0.15) is 5.69 Å². The zero-order valence-corrected chi connectivity index (χ0v) is 7.81. The minimum Gasteiger partial charge on any atom is -0.296 e. The Kier molecular flexibility index (Phi) is 2.41. The number of hydrogen-bond acceptors (Lipinski definition) is 3. The quantitative estimate of drug-likeness (QED) is 0.602. The predicted molar refractivity (Wildman–Crippen MR) is 53.8 cm³/mol. The number of carbonyl (C=O) groups is 2. The highest BCUT2D eigenvalue weighted by molar-refractivity contribution is 6.08. The van der Waals surface area contributed by atoms with Crippen LogP contribution in [-0.4, -0.2) is 22.3 Å². The van der Waals surface area contributed by atoms with Gasteiger partial charge in [-0.05, 0) is 6.07 Å². The zero-order valence-electron chi connectivity index (χ0n) is 7.81. The topological polar surface area (TPSA) is 62.8 Å². The lowest BCUT2D eigenvalue weighted by molar-refractivity contribution is 0.103. The average molecular weight is 200 g/mol. The van der Waals surface area contributed by atoms with E-state index in [-0.39, 0.29) is 11.5 Å². The number of aldehydes is 1. The lowest BCUT2D eigenvalue weighted by Crippen LogP contribution is -2.00. The third kappa shape index (κ3) is 1.83. The van der Waals surface area contributed by atoms with E-state index in [1.807, 2.05) is 6.07 Å². The summed E-state index contributed by atoms with van der Waals surface area (Å²) < 4.78 is 0. The second-order valence-electron chi connectivity index (χ2n) is 3.02. The van der Waals surface area contributed by atoms with Crippen molar-refractivity contribution < 1.29 is 9.59 Å². The number of carbonyl (C=O) groups excluding carboxylic acids is 2. The highest BCUT2D eigenvalue weighted by Crippen LogP contribution is 2.07. The first-order chi connectivity index (χ1) is 7.31. The molecule has 4 nitrogen and oxygen atoms in total. The molecule has 0 saturated carbocycles. The van der Waals surface area contributed by atoms with Crippen LogP contribution in [0.15, 0.2) is 36.4 Å². The molecule has 1 aromatic heterocycles. The molecule has 0 aliphatic rings. The van der Waals surface area contributed by atoms with Crippen LogP contribution >= 0.6 is 0 Å². The molecular formula is C11H8N2O2. The smallest absolute Gasteiger partial charge is 0.213 e. The Morgan fingerprint density at radius 3 is 2.60 bits per heavy atom. The normalized spacial score (nSPS) is 9.87. The average Bonchev–Trinajstić information content (AvgIpc) is 2.78. The number of H-pyrrole nitrogens is 1. The van der Waals surface area contributed by atoms with Gasteiger partial charge in [-0.25, -0.2) is 0 Å². The van der Waals surface area contributed by atoms with Gasteiger partial charge in [-0.15, -0.1) is 0 Å². The van der Waals surface area contributed by atoms with Gasteiger partial charge in [0.05, 0.1) is 5.69 Å². The molecule has 0 amide bonds. The number of nitrogens with one attached hydrogen (secondary N) is 1. The highest BCUT2D eigenvalue weighted by atomic mass is 16.1. The third-order valence-electron chi connectivity index (χ3n) is 1.99. The molecule has 0 bridgehead atoms. The van der Waals surface area contributed by atoms with E-state index in [1.54, 1.807) is 24.3 Å². The minimum absolute atomic E-state index is 0.194. The molecule has 1 N–H and O–H groups in total. The van der Waals surface area contributed by atoms with Gasteiger partial charge >= 0.3 is 0 Å². The molecular weight excluding hydrogens is 192 g/mol. The Bertz CT molecular complexity index is 488. The summed E-state index contributed by atoms with van der Waals surface area (Å²) >= 11 is 0. The molecule has 2 rings (SSSR count). The molecule has 0 radical (unpaired) electrons. The number of aromatic nitrogens is 2. The molecule has 0 unspecified atom stereocenters. The SMILES string of the molecule is O=Cc1cc(C(=O)c2ccccc2)n[nH]1. The van der Waals surface area contributed by atoms with E-state index in [1.165, 1.54) is 6.07 Å². The van der Waals surface area contributed by atoms with E-state index in [9.17, 15) is 9.59 Å². The van der Waals surface area contributed by atoms with Gasteiger partial charge in [-0.2, -0.15) is 5.10 Å². The highest BCUT2D eigenvalue weighted by Gasteiger charge is 2.11. The van der Waals surface area contributed by atoms with Crippen LogP contribution in [0.4, 0.5) is 0 Å². The van der Waals surface area contributed by atoms with Gasteiger partial charge < -0.3 is 0 Å². The van der Waals surface area contributed by atoms with Crippen LogP contribution in [0.5, 0.6) is 0 Å². The molecule has 0 aliphatic heterocycles. The monoisotopic (exact) mass is 200 g/mol. The summed E-state index contributed by atoms with van der Waals surface area (Å²) in [6.45, 7) is 0. The second kappa shape index (κ2) is 3.88. The van der Waals surface area contributed by atoms with Crippen molar-refractivity contribution in [2.75, 3.05) is 0 Å². The van der Waals surface area contributed by atoms with Crippen LogP contribution in [0.2, 0.25) is 0 Å². The summed E-state index contributed by atoms with van der Waals surface area (Å²) in [6, 6.07) is 10.2. The van der Waals surface area contributed by atoms with Crippen LogP contribution in [0.25, 0.3) is 0 Å². The molecule has 0 atom stereocenters. The summed E-state index contributed by atoms with van der Waals surface area (Å²) in [4.78, 5) is 22.2. The number of rotatable bonds is 3. The van der Waals surface area contributed by atoms with E-state index in [0.717, 1.165) is 0 Å². The Balaban J connectivity index is 2.32. The molecule has 74 valence electrons. The fourth-order valence-corrected chi connectivity index (χ4v) is 1.25. The summed E-state index contributed by atoms with van der Waals surface area (Å²) in [5.74, 6) is -0.194. The molecule has 0 spiro atoms. The van der Waals surface area contributed by atoms with E-state index < -0.39 is 0 Å². The molecule has 0 saturated heterocycles. The van der Waals surface area contributed by atoms with Crippen LogP contribution in [0, 0.1) is 0 Å². The number of hydrogen-bond donors (Lipinski definition) is 1. The van der Waals surface area contributed by atoms with Gasteiger partial charge in [-0.1, -0.05) is 30.3 Å². The van der Waals surface area contributed by atoms with E-state index in [4.69, 9.17) is 0 Å². The zero-order chi connectivity index (χ0) is 10.7. The Morgan fingerprint density at radius 2 is 2.00 bits per heavy atom. The number of aromatic amines is 1. The van der Waals surface area contributed by atoms with Crippen molar-refractivity contribution >= 4 is 12.1 Å². The van der Waals surface area contributed by atoms with Gasteiger partial charge in [0, 0.05) is 5.56 Å². The van der Waals surface area contributed by atoms with Crippen molar-refractivity contribution in [1.82, 2.24) is 10.2 Å². The van der Waals surface area contributed by atoms with Gasteiger partial charge in [-0.3, -0.25) is 14.7 Å². The van der Waals surface area contributed by atoms with Crippen molar-refractivity contribution in [3.05, 3.63) is 53.3 Å². The Morgan fingerprint density at radius 1 is 1.27 bits per heavy atom. The van der Waals surface area contributed by atoms with Crippen LogP contribution in [0.3, 0.4) is 0 Å². The predicted octanol–water partition coefficient (Wildman–Crippen LogP) is 1.45. The fraction of sp³-hybridized carbons (Fsp3) is 0. The maximum atomic E-state index is 11.8. The van der Waals surface area contributed by atoms with Crippen molar-refractivity contribution in [1.29, 1.82) is 0 Å². The van der Waals surface area contributed by atoms with Crippen molar-refractivity contribution in [2.24, 2.45) is 0 Å². The largest absolute Gasteiger partial charge is 0.296 e. The number of benzene rings is 1. The van der Waals surface area contributed by atoms with Crippen LogP contribution < -0.4 is 0 Å². The first-order valence-electron chi connectivity index (χ1n) is 4.41. The molecule has 1 aromatic carbocycles. The van der Waals surface area contributed by atoms with Crippen LogP contribution in [0.1, 0.15) is 26.5 Å². The van der Waals surface area contributed by atoms with E-state index in [2.05, 4.69) is 10.2 Å². The molecule has 0 aliphatic carbocycles. The standard InChI is InChI=1S/C11H8N2O2/c14-7-9-6-10(13-12-9)11(15)8-4-2-1-3-5-8/h1-7H,(H,12,13). The molecule has 4 heteroatoms. The summed E-state index contributed by atoms with van der Waals surface area (Å²) in [6.07, 6.45) is 0.620. The fourth-order valence-electron chi connectivity index (χ4n) is 1.25. The lowest BCUT2D eigenvalue weighted by atomic mass is 10.1. The third-order valence-corrected chi connectivity index (χ3v) is 1.99.